The second kappa shape index (κ2) is 9.72. The Bertz CT molecular complexity index is 1150. The highest BCUT2D eigenvalue weighted by Crippen LogP contribution is 2.34. The first-order valence-corrected chi connectivity index (χ1v) is 10.5. The Kier molecular flexibility index (Phi) is 6.58. The minimum Gasteiger partial charge on any atom is -0.454 e. The van der Waals surface area contributed by atoms with Gasteiger partial charge < -0.3 is 25.4 Å². The lowest BCUT2D eigenvalue weighted by molar-refractivity contribution is -0.115. The molecule has 1 atom stereocenters. The molecule has 7 nitrogen and oxygen atoms in total. The standard InChI is InChI=1S/C24H22ClN3O4/c1-15(16-5-4-6-17(25)11-16)26-13-23(29)28-20-8-3-2-7-19(20)24(30)27-18-9-10-21-22(12-18)32-14-31-21/h2-12,15,26H,13-14H2,1H3,(H,27,30)(H,28,29)/t15-/m1/s1. The van der Waals surface area contributed by atoms with E-state index < -0.39 is 0 Å². The molecule has 4 rings (SSSR count). The fourth-order valence-corrected chi connectivity index (χ4v) is 3.50. The third-order valence-corrected chi connectivity index (χ3v) is 5.23. The average Bonchev–Trinajstić information content (AvgIpc) is 3.25. The summed E-state index contributed by atoms with van der Waals surface area (Å²) in [6, 6.07) is 19.4. The quantitative estimate of drug-likeness (QED) is 0.488. The van der Waals surface area contributed by atoms with Crippen molar-refractivity contribution in [2.24, 2.45) is 0 Å². The number of fused-ring (bicyclic) bond motifs is 1. The minimum atomic E-state index is -0.347. The van der Waals surface area contributed by atoms with E-state index in [1.54, 1.807) is 48.5 Å². The zero-order valence-electron chi connectivity index (χ0n) is 17.4. The van der Waals surface area contributed by atoms with Crippen molar-refractivity contribution >= 4 is 34.8 Å². The summed E-state index contributed by atoms with van der Waals surface area (Å²) in [7, 11) is 0. The molecule has 3 aromatic rings. The molecule has 1 aliphatic heterocycles. The number of hydrogen-bond acceptors (Lipinski definition) is 5. The fourth-order valence-electron chi connectivity index (χ4n) is 3.30. The summed E-state index contributed by atoms with van der Waals surface area (Å²) in [6.45, 7) is 2.18. The topological polar surface area (TPSA) is 88.7 Å². The van der Waals surface area contributed by atoms with Crippen LogP contribution in [0.25, 0.3) is 0 Å². The number of amides is 2. The summed E-state index contributed by atoms with van der Waals surface area (Å²) in [5.41, 5.74) is 2.32. The van der Waals surface area contributed by atoms with Crippen LogP contribution in [-0.2, 0) is 4.79 Å². The number of benzene rings is 3. The van der Waals surface area contributed by atoms with Crippen molar-refractivity contribution in [1.82, 2.24) is 5.32 Å². The largest absolute Gasteiger partial charge is 0.454 e. The van der Waals surface area contributed by atoms with Gasteiger partial charge in [-0.3, -0.25) is 9.59 Å². The van der Waals surface area contributed by atoms with Crippen molar-refractivity contribution in [2.75, 3.05) is 24.0 Å². The van der Waals surface area contributed by atoms with Gasteiger partial charge in [0, 0.05) is 22.8 Å². The molecule has 1 heterocycles. The number of hydrogen-bond donors (Lipinski definition) is 3. The zero-order chi connectivity index (χ0) is 22.5. The van der Waals surface area contributed by atoms with E-state index in [1.807, 2.05) is 25.1 Å². The summed E-state index contributed by atoms with van der Waals surface area (Å²) >= 11 is 6.03. The predicted molar refractivity (Wildman–Crippen MR) is 123 cm³/mol. The maximum atomic E-state index is 12.8. The number of nitrogens with one attached hydrogen (secondary N) is 3. The van der Waals surface area contributed by atoms with Crippen LogP contribution >= 0.6 is 11.6 Å². The Morgan fingerprint density at radius 1 is 0.969 bits per heavy atom. The van der Waals surface area contributed by atoms with Crippen molar-refractivity contribution in [2.45, 2.75) is 13.0 Å². The van der Waals surface area contributed by atoms with Gasteiger partial charge in [0.05, 0.1) is 17.8 Å². The summed E-state index contributed by atoms with van der Waals surface area (Å²) < 4.78 is 10.6. The van der Waals surface area contributed by atoms with Crippen molar-refractivity contribution < 1.29 is 19.1 Å². The van der Waals surface area contributed by atoms with E-state index in [4.69, 9.17) is 21.1 Å². The van der Waals surface area contributed by atoms with Crippen molar-refractivity contribution in [1.29, 1.82) is 0 Å². The van der Waals surface area contributed by atoms with E-state index in [1.165, 1.54) is 0 Å². The lowest BCUT2D eigenvalue weighted by atomic mass is 10.1. The normalized spacial score (nSPS) is 12.8. The number of ether oxygens (including phenoxy) is 2. The summed E-state index contributed by atoms with van der Waals surface area (Å²) in [6.07, 6.45) is 0. The third-order valence-electron chi connectivity index (χ3n) is 4.99. The first-order chi connectivity index (χ1) is 15.5. The highest BCUT2D eigenvalue weighted by atomic mass is 35.5. The third kappa shape index (κ3) is 5.19. The molecule has 0 bridgehead atoms. The number of anilines is 2. The molecule has 3 aromatic carbocycles. The number of carbonyl (C=O) groups is 2. The lowest BCUT2D eigenvalue weighted by Crippen LogP contribution is -2.30. The number of rotatable bonds is 7. The fraction of sp³-hybridized carbons (Fsp3) is 0.167. The summed E-state index contributed by atoms with van der Waals surface area (Å²) in [5, 5.41) is 9.43. The molecule has 0 aliphatic carbocycles. The second-order valence-corrected chi connectivity index (χ2v) is 7.71. The van der Waals surface area contributed by atoms with Crippen LogP contribution in [0.3, 0.4) is 0 Å². The molecule has 0 saturated carbocycles. The van der Waals surface area contributed by atoms with Crippen LogP contribution < -0.4 is 25.4 Å². The maximum Gasteiger partial charge on any atom is 0.257 e. The highest BCUT2D eigenvalue weighted by Gasteiger charge is 2.17. The summed E-state index contributed by atoms with van der Waals surface area (Å²) in [4.78, 5) is 25.4. The Morgan fingerprint density at radius 2 is 1.78 bits per heavy atom. The molecule has 0 saturated heterocycles. The van der Waals surface area contributed by atoms with E-state index in [-0.39, 0.29) is 31.2 Å². The van der Waals surface area contributed by atoms with Gasteiger partial charge >= 0.3 is 0 Å². The molecule has 8 heteroatoms. The van der Waals surface area contributed by atoms with Gasteiger partial charge in [-0.05, 0) is 48.9 Å². The Labute approximate surface area is 190 Å². The molecule has 164 valence electrons. The van der Waals surface area contributed by atoms with Gasteiger partial charge in [0.2, 0.25) is 12.7 Å². The van der Waals surface area contributed by atoms with Crippen LogP contribution in [0, 0.1) is 0 Å². The van der Waals surface area contributed by atoms with Crippen LogP contribution in [0.15, 0.2) is 66.7 Å². The van der Waals surface area contributed by atoms with Crippen LogP contribution in [0.2, 0.25) is 5.02 Å². The van der Waals surface area contributed by atoms with Crippen LogP contribution in [0.1, 0.15) is 28.9 Å². The molecule has 0 aromatic heterocycles. The molecular weight excluding hydrogens is 430 g/mol. The molecule has 1 aliphatic rings. The number of para-hydroxylation sites is 1. The maximum absolute atomic E-state index is 12.8. The average molecular weight is 452 g/mol. The first kappa shape index (κ1) is 21.7. The molecule has 0 spiro atoms. The molecular formula is C24H22ClN3O4. The van der Waals surface area contributed by atoms with Crippen LogP contribution in [0.5, 0.6) is 11.5 Å². The van der Waals surface area contributed by atoms with E-state index in [0.29, 0.717) is 33.5 Å². The number of carbonyl (C=O) groups excluding carboxylic acids is 2. The summed E-state index contributed by atoms with van der Waals surface area (Å²) in [5.74, 6) is 0.599. The SMILES string of the molecule is C[C@@H](NCC(=O)Nc1ccccc1C(=O)Nc1ccc2c(c1)OCO2)c1cccc(Cl)c1. The molecule has 0 unspecified atom stereocenters. The molecule has 3 N–H and O–H groups in total. The molecule has 0 fully saturated rings. The Hall–Kier alpha value is -3.55. The Morgan fingerprint density at radius 3 is 2.62 bits per heavy atom. The van der Waals surface area contributed by atoms with E-state index in [9.17, 15) is 9.59 Å². The monoisotopic (exact) mass is 451 g/mol. The lowest BCUT2D eigenvalue weighted by Gasteiger charge is -2.15. The minimum absolute atomic E-state index is 0.0657. The second-order valence-electron chi connectivity index (χ2n) is 7.27. The van der Waals surface area contributed by atoms with Gasteiger partial charge in [-0.2, -0.15) is 0 Å². The van der Waals surface area contributed by atoms with Gasteiger partial charge in [0.1, 0.15) is 0 Å². The van der Waals surface area contributed by atoms with Gasteiger partial charge in [0.15, 0.2) is 11.5 Å². The number of halogens is 1. The van der Waals surface area contributed by atoms with E-state index in [2.05, 4.69) is 16.0 Å². The molecule has 2 amide bonds. The molecule has 0 radical (unpaired) electrons. The predicted octanol–water partition coefficient (Wildman–Crippen LogP) is 4.61. The Balaban J connectivity index is 1.38. The zero-order valence-corrected chi connectivity index (χ0v) is 18.1. The van der Waals surface area contributed by atoms with Gasteiger partial charge in [-0.25, -0.2) is 0 Å². The van der Waals surface area contributed by atoms with E-state index in [0.717, 1.165) is 5.56 Å². The van der Waals surface area contributed by atoms with Gasteiger partial charge in [-0.1, -0.05) is 35.9 Å². The van der Waals surface area contributed by atoms with Crippen LogP contribution in [0.4, 0.5) is 11.4 Å². The van der Waals surface area contributed by atoms with Crippen molar-refractivity contribution in [3.63, 3.8) is 0 Å². The first-order valence-electron chi connectivity index (χ1n) is 10.1. The van der Waals surface area contributed by atoms with Gasteiger partial charge in [0.25, 0.3) is 5.91 Å². The highest BCUT2D eigenvalue weighted by molar-refractivity contribution is 6.30. The van der Waals surface area contributed by atoms with E-state index >= 15 is 0 Å². The van der Waals surface area contributed by atoms with Crippen molar-refractivity contribution in [3.05, 3.63) is 82.9 Å². The smallest absolute Gasteiger partial charge is 0.257 e. The van der Waals surface area contributed by atoms with Crippen LogP contribution in [-0.4, -0.2) is 25.2 Å². The van der Waals surface area contributed by atoms with Crippen molar-refractivity contribution in [3.8, 4) is 11.5 Å². The van der Waals surface area contributed by atoms with Gasteiger partial charge in [-0.15, -0.1) is 0 Å². The molecule has 32 heavy (non-hydrogen) atoms.